The summed E-state index contributed by atoms with van der Waals surface area (Å²) < 4.78 is 55.3. The maximum Gasteiger partial charge on any atom is 0.419 e. The van der Waals surface area contributed by atoms with Gasteiger partial charge in [0.05, 0.1) is 17.7 Å². The van der Waals surface area contributed by atoms with E-state index in [9.17, 15) is 17.6 Å². The van der Waals surface area contributed by atoms with Crippen LogP contribution in [0.5, 0.6) is 0 Å². The molecule has 0 radical (unpaired) electrons. The number of hydrogen-bond acceptors (Lipinski definition) is 1. The van der Waals surface area contributed by atoms with Gasteiger partial charge in [-0.15, -0.1) is 11.6 Å². The number of halogens is 5. The van der Waals surface area contributed by atoms with Crippen molar-refractivity contribution in [3.8, 4) is 0 Å². The Bertz CT molecular complexity index is 529. The van der Waals surface area contributed by atoms with Crippen LogP contribution in [-0.4, -0.2) is 0 Å². The molecule has 0 bridgehead atoms. The normalized spacial score (nSPS) is 12.3. The van der Waals surface area contributed by atoms with Gasteiger partial charge < -0.3 is 4.42 Å². The molecule has 2 aromatic rings. The van der Waals surface area contributed by atoms with Crippen molar-refractivity contribution in [1.82, 2.24) is 0 Å². The fourth-order valence-corrected chi connectivity index (χ4v) is 1.63. The first-order valence-corrected chi connectivity index (χ1v) is 4.79. The molecule has 0 aliphatic carbocycles. The van der Waals surface area contributed by atoms with Crippen molar-refractivity contribution in [2.24, 2.45) is 0 Å². The summed E-state index contributed by atoms with van der Waals surface area (Å²) in [5.74, 6) is -1.34. The zero-order valence-electron chi connectivity index (χ0n) is 7.74. The number of hydrogen-bond donors (Lipinski definition) is 0. The Labute approximate surface area is 92.6 Å². The van der Waals surface area contributed by atoms with Gasteiger partial charge >= 0.3 is 6.18 Å². The third-order valence-electron chi connectivity index (χ3n) is 2.19. The van der Waals surface area contributed by atoms with Crippen molar-refractivity contribution < 1.29 is 22.0 Å². The van der Waals surface area contributed by atoms with Gasteiger partial charge in [0, 0.05) is 17.0 Å². The number of rotatable bonds is 1. The van der Waals surface area contributed by atoms with Gasteiger partial charge in [-0.1, -0.05) is 0 Å². The smallest absolute Gasteiger partial charge is 0.419 e. The van der Waals surface area contributed by atoms with Crippen LogP contribution >= 0.6 is 11.6 Å². The lowest BCUT2D eigenvalue weighted by atomic mass is 10.1. The van der Waals surface area contributed by atoms with Crippen molar-refractivity contribution in [1.29, 1.82) is 0 Å². The molecule has 0 spiro atoms. The van der Waals surface area contributed by atoms with E-state index >= 15 is 0 Å². The molecule has 1 aromatic carbocycles. The van der Waals surface area contributed by atoms with E-state index in [4.69, 9.17) is 16.0 Å². The molecule has 2 rings (SSSR count). The first-order chi connectivity index (χ1) is 7.43. The molecule has 0 N–H and O–H groups in total. The highest BCUT2D eigenvalue weighted by molar-refractivity contribution is 6.18. The van der Waals surface area contributed by atoms with E-state index in [1.807, 2.05) is 0 Å². The Kier molecular flexibility index (Phi) is 2.58. The third kappa shape index (κ3) is 1.75. The van der Waals surface area contributed by atoms with Crippen LogP contribution in [0.1, 0.15) is 11.1 Å². The molecule has 0 saturated heterocycles. The Morgan fingerprint density at radius 3 is 2.50 bits per heavy atom. The number of fused-ring (bicyclic) bond motifs is 1. The molecule has 0 fully saturated rings. The highest BCUT2D eigenvalue weighted by atomic mass is 35.5. The monoisotopic (exact) mass is 252 g/mol. The van der Waals surface area contributed by atoms with Crippen LogP contribution in [0, 0.1) is 5.82 Å². The zero-order chi connectivity index (χ0) is 11.9. The van der Waals surface area contributed by atoms with E-state index in [0.717, 1.165) is 0 Å². The summed E-state index contributed by atoms with van der Waals surface area (Å²) in [6.45, 7) is 0. The standard InChI is InChI=1S/C10H5ClF4O/c11-3-5-4-16-9-2-8(12)7(1-6(5)9)10(13,14)15/h1-2,4H,3H2. The van der Waals surface area contributed by atoms with Crippen LogP contribution in [0.2, 0.25) is 0 Å². The SMILES string of the molecule is Fc1cc2occ(CCl)c2cc1C(F)(F)F. The number of benzene rings is 1. The van der Waals surface area contributed by atoms with Crippen LogP contribution in [0.4, 0.5) is 17.6 Å². The second-order valence-electron chi connectivity index (χ2n) is 3.22. The van der Waals surface area contributed by atoms with Gasteiger partial charge in [0.15, 0.2) is 0 Å². The molecule has 0 amide bonds. The summed E-state index contributed by atoms with van der Waals surface area (Å²) in [5.41, 5.74) is -0.851. The fraction of sp³-hybridized carbons (Fsp3) is 0.200. The topological polar surface area (TPSA) is 13.1 Å². The summed E-state index contributed by atoms with van der Waals surface area (Å²) in [4.78, 5) is 0. The Morgan fingerprint density at radius 1 is 1.25 bits per heavy atom. The minimum atomic E-state index is -4.72. The highest BCUT2D eigenvalue weighted by Crippen LogP contribution is 2.35. The zero-order valence-corrected chi connectivity index (χ0v) is 8.49. The molecule has 16 heavy (non-hydrogen) atoms. The summed E-state index contributed by atoms with van der Waals surface area (Å²) >= 11 is 5.52. The van der Waals surface area contributed by atoms with Crippen LogP contribution in [0.25, 0.3) is 11.0 Å². The maximum absolute atomic E-state index is 13.1. The molecule has 1 heterocycles. The minimum Gasteiger partial charge on any atom is -0.464 e. The first-order valence-electron chi connectivity index (χ1n) is 4.26. The maximum atomic E-state index is 13.1. The molecule has 0 aliphatic rings. The summed E-state index contributed by atoms with van der Waals surface area (Å²) in [6, 6.07) is 1.43. The molecule has 0 unspecified atom stereocenters. The Morgan fingerprint density at radius 2 is 1.94 bits per heavy atom. The molecule has 0 aliphatic heterocycles. The van der Waals surface area contributed by atoms with Crippen molar-refractivity contribution >= 4 is 22.6 Å². The van der Waals surface area contributed by atoms with E-state index < -0.39 is 17.6 Å². The molecule has 1 nitrogen and oxygen atoms in total. The van der Waals surface area contributed by atoms with E-state index in [1.165, 1.54) is 6.26 Å². The van der Waals surface area contributed by atoms with Crippen LogP contribution < -0.4 is 0 Å². The van der Waals surface area contributed by atoms with Crippen LogP contribution in [0.15, 0.2) is 22.8 Å². The van der Waals surface area contributed by atoms with Crippen molar-refractivity contribution in [3.63, 3.8) is 0 Å². The lowest BCUT2D eigenvalue weighted by Crippen LogP contribution is -2.07. The van der Waals surface area contributed by atoms with Gasteiger partial charge in [-0.05, 0) is 6.07 Å². The summed E-state index contributed by atoms with van der Waals surface area (Å²) in [7, 11) is 0. The Hall–Kier alpha value is -1.23. The molecule has 1 aromatic heterocycles. The van der Waals surface area contributed by atoms with E-state index in [2.05, 4.69) is 0 Å². The minimum absolute atomic E-state index is 0.00985. The fourth-order valence-electron chi connectivity index (χ4n) is 1.42. The second-order valence-corrected chi connectivity index (χ2v) is 3.49. The average molecular weight is 253 g/mol. The molecular weight excluding hydrogens is 248 g/mol. The second kappa shape index (κ2) is 3.66. The van der Waals surface area contributed by atoms with Crippen molar-refractivity contribution in [2.45, 2.75) is 12.1 Å². The van der Waals surface area contributed by atoms with Crippen LogP contribution in [-0.2, 0) is 12.1 Å². The largest absolute Gasteiger partial charge is 0.464 e. The van der Waals surface area contributed by atoms with Gasteiger partial charge in [0.25, 0.3) is 0 Å². The number of alkyl halides is 4. The molecular formula is C10H5ClF4O. The molecule has 6 heteroatoms. The molecule has 0 saturated carbocycles. The van der Waals surface area contributed by atoms with Gasteiger partial charge in [-0.3, -0.25) is 0 Å². The van der Waals surface area contributed by atoms with Gasteiger partial charge in [-0.25, -0.2) is 4.39 Å². The lowest BCUT2D eigenvalue weighted by Gasteiger charge is -2.07. The van der Waals surface area contributed by atoms with E-state index in [1.54, 1.807) is 0 Å². The van der Waals surface area contributed by atoms with E-state index in [-0.39, 0.29) is 16.8 Å². The van der Waals surface area contributed by atoms with Crippen LogP contribution in [0.3, 0.4) is 0 Å². The quantitative estimate of drug-likeness (QED) is 0.544. The van der Waals surface area contributed by atoms with Gasteiger partial charge in [0.1, 0.15) is 11.4 Å². The van der Waals surface area contributed by atoms with Crippen molar-refractivity contribution in [2.75, 3.05) is 0 Å². The molecule has 0 atom stereocenters. The van der Waals surface area contributed by atoms with Crippen molar-refractivity contribution in [3.05, 3.63) is 35.3 Å². The molecule has 86 valence electrons. The first kappa shape index (κ1) is 11.3. The predicted octanol–water partition coefficient (Wildman–Crippen LogP) is 4.33. The summed E-state index contributed by atoms with van der Waals surface area (Å²) in [5, 5.41) is 0.184. The Balaban J connectivity index is 2.72. The summed E-state index contributed by atoms with van der Waals surface area (Å²) in [6.07, 6.45) is -3.50. The van der Waals surface area contributed by atoms with Gasteiger partial charge in [0.2, 0.25) is 0 Å². The third-order valence-corrected chi connectivity index (χ3v) is 2.48. The average Bonchev–Trinajstić information content (AvgIpc) is 2.56. The lowest BCUT2D eigenvalue weighted by molar-refractivity contribution is -0.139. The van der Waals surface area contributed by atoms with Gasteiger partial charge in [-0.2, -0.15) is 13.2 Å². The number of furan rings is 1. The predicted molar refractivity (Wildman–Crippen MR) is 50.7 cm³/mol. The van der Waals surface area contributed by atoms with E-state index in [0.29, 0.717) is 17.7 Å². The highest BCUT2D eigenvalue weighted by Gasteiger charge is 2.34.